The molecule has 1 rings (SSSR count). The molecule has 60 valence electrons. The van der Waals surface area contributed by atoms with E-state index in [1.54, 1.807) is 0 Å². The summed E-state index contributed by atoms with van der Waals surface area (Å²) >= 11 is 0. The van der Waals surface area contributed by atoms with Gasteiger partial charge in [-0.2, -0.15) is 0 Å². The zero-order valence-corrected chi connectivity index (χ0v) is 7.26. The molecular formula is C9H18O. The van der Waals surface area contributed by atoms with Crippen LogP contribution in [0.4, 0.5) is 0 Å². The average molecular weight is 142 g/mol. The summed E-state index contributed by atoms with van der Waals surface area (Å²) < 4.78 is 5.49. The molecule has 0 unspecified atom stereocenters. The maximum atomic E-state index is 5.49. The van der Waals surface area contributed by atoms with Crippen LogP contribution in [-0.2, 0) is 4.74 Å². The molecule has 0 saturated heterocycles. The van der Waals surface area contributed by atoms with Crippen LogP contribution in [0.3, 0.4) is 0 Å². The number of ether oxygens (including phenoxy) is 1. The maximum absolute atomic E-state index is 5.49. The smallest absolute Gasteiger partial charge is 0.0519 e. The largest absolute Gasteiger partial charge is 0.379 e. The summed E-state index contributed by atoms with van der Waals surface area (Å²) in [6, 6.07) is 0. The lowest BCUT2D eigenvalue weighted by atomic mass is 9.77. The van der Waals surface area contributed by atoms with Gasteiger partial charge in [0.1, 0.15) is 0 Å². The Morgan fingerprint density at radius 1 is 1.40 bits per heavy atom. The van der Waals surface area contributed by atoms with Crippen molar-refractivity contribution in [2.45, 2.75) is 39.7 Å². The van der Waals surface area contributed by atoms with Crippen LogP contribution in [0.15, 0.2) is 0 Å². The molecule has 0 spiro atoms. The fourth-order valence-corrected chi connectivity index (χ4v) is 1.53. The third-order valence-electron chi connectivity index (χ3n) is 2.14. The summed E-state index contributed by atoms with van der Waals surface area (Å²) in [6.45, 7) is 7.50. The molecule has 0 aromatic carbocycles. The lowest BCUT2D eigenvalue weighted by molar-refractivity contribution is 0.0140. The Balaban J connectivity index is 1.95. The highest BCUT2D eigenvalue weighted by molar-refractivity contribution is 4.75. The minimum Gasteiger partial charge on any atom is -0.379 e. The first-order valence-electron chi connectivity index (χ1n) is 4.30. The van der Waals surface area contributed by atoms with Crippen molar-refractivity contribution in [2.75, 3.05) is 6.61 Å². The Labute approximate surface area is 63.8 Å². The van der Waals surface area contributed by atoms with Crippen LogP contribution in [0.2, 0.25) is 0 Å². The van der Waals surface area contributed by atoms with E-state index < -0.39 is 0 Å². The molecule has 1 heteroatoms. The van der Waals surface area contributed by atoms with Crippen LogP contribution >= 0.6 is 0 Å². The summed E-state index contributed by atoms with van der Waals surface area (Å²) in [4.78, 5) is 0. The Kier molecular flexibility index (Phi) is 2.72. The molecule has 0 heterocycles. The van der Waals surface area contributed by atoms with E-state index in [4.69, 9.17) is 4.74 Å². The highest BCUT2D eigenvalue weighted by Crippen LogP contribution is 2.33. The fraction of sp³-hybridized carbons (Fsp3) is 1.00. The van der Waals surface area contributed by atoms with Crippen molar-refractivity contribution in [1.82, 2.24) is 0 Å². The molecule has 0 radical (unpaired) electrons. The van der Waals surface area contributed by atoms with Gasteiger partial charge < -0.3 is 4.74 Å². The van der Waals surface area contributed by atoms with E-state index >= 15 is 0 Å². The quantitative estimate of drug-likeness (QED) is 0.588. The predicted molar refractivity (Wildman–Crippen MR) is 43.0 cm³/mol. The SMILES string of the molecule is CC1CC(COC(C)C)C1. The number of rotatable bonds is 3. The molecule has 1 aliphatic rings. The number of hydrogen-bond donors (Lipinski definition) is 0. The second-order valence-electron chi connectivity index (χ2n) is 3.82. The van der Waals surface area contributed by atoms with Gasteiger partial charge in [-0.25, -0.2) is 0 Å². The van der Waals surface area contributed by atoms with Gasteiger partial charge in [-0.3, -0.25) is 0 Å². The van der Waals surface area contributed by atoms with Gasteiger partial charge in [0.25, 0.3) is 0 Å². The van der Waals surface area contributed by atoms with E-state index in [1.807, 2.05) is 0 Å². The second-order valence-corrected chi connectivity index (χ2v) is 3.82. The first-order chi connectivity index (χ1) is 4.68. The topological polar surface area (TPSA) is 9.23 Å². The molecule has 0 bridgehead atoms. The van der Waals surface area contributed by atoms with Crippen LogP contribution < -0.4 is 0 Å². The lowest BCUT2D eigenvalue weighted by Gasteiger charge is -2.32. The van der Waals surface area contributed by atoms with Crippen LogP contribution in [0.1, 0.15) is 33.6 Å². The summed E-state index contributed by atoms with van der Waals surface area (Å²) in [7, 11) is 0. The molecule has 0 aromatic heterocycles. The van der Waals surface area contributed by atoms with Gasteiger partial charge in [-0.15, -0.1) is 0 Å². The maximum Gasteiger partial charge on any atom is 0.0519 e. The average Bonchev–Trinajstić information content (AvgIpc) is 1.77. The highest BCUT2D eigenvalue weighted by atomic mass is 16.5. The molecule has 0 N–H and O–H groups in total. The van der Waals surface area contributed by atoms with Gasteiger partial charge in [0, 0.05) is 6.61 Å². The minimum absolute atomic E-state index is 0.413. The third-order valence-corrected chi connectivity index (χ3v) is 2.14. The molecule has 1 aliphatic carbocycles. The molecule has 10 heavy (non-hydrogen) atoms. The van der Waals surface area contributed by atoms with Crippen LogP contribution in [0.5, 0.6) is 0 Å². The molecule has 0 amide bonds. The monoisotopic (exact) mass is 142 g/mol. The summed E-state index contributed by atoms with van der Waals surface area (Å²) in [6.07, 6.45) is 3.18. The highest BCUT2D eigenvalue weighted by Gasteiger charge is 2.25. The Morgan fingerprint density at radius 2 is 2.00 bits per heavy atom. The molecule has 1 saturated carbocycles. The predicted octanol–water partition coefficient (Wildman–Crippen LogP) is 2.46. The standard InChI is InChI=1S/C9H18O/c1-7(2)10-6-9-4-8(3)5-9/h7-9H,4-6H2,1-3H3. The van der Waals surface area contributed by atoms with Crippen molar-refractivity contribution >= 4 is 0 Å². The zero-order valence-electron chi connectivity index (χ0n) is 7.26. The normalized spacial score (nSPS) is 32.4. The zero-order chi connectivity index (χ0) is 7.56. The van der Waals surface area contributed by atoms with E-state index in [0.717, 1.165) is 18.4 Å². The van der Waals surface area contributed by atoms with Gasteiger partial charge in [0.05, 0.1) is 6.10 Å². The fourth-order valence-electron chi connectivity index (χ4n) is 1.53. The first-order valence-corrected chi connectivity index (χ1v) is 4.30. The Bertz CT molecular complexity index is 92.9. The summed E-state index contributed by atoms with van der Waals surface area (Å²) in [5.74, 6) is 1.83. The van der Waals surface area contributed by atoms with Crippen molar-refractivity contribution in [3.63, 3.8) is 0 Å². The summed E-state index contributed by atoms with van der Waals surface area (Å²) in [5.41, 5.74) is 0. The van der Waals surface area contributed by atoms with Crippen molar-refractivity contribution < 1.29 is 4.74 Å². The van der Waals surface area contributed by atoms with Gasteiger partial charge in [-0.05, 0) is 38.5 Å². The second kappa shape index (κ2) is 3.38. The summed E-state index contributed by atoms with van der Waals surface area (Å²) in [5, 5.41) is 0. The van der Waals surface area contributed by atoms with Crippen molar-refractivity contribution in [2.24, 2.45) is 11.8 Å². The third kappa shape index (κ3) is 2.30. The van der Waals surface area contributed by atoms with Crippen LogP contribution in [-0.4, -0.2) is 12.7 Å². The molecule has 0 aliphatic heterocycles. The molecule has 0 aromatic rings. The van der Waals surface area contributed by atoms with E-state index in [1.165, 1.54) is 12.8 Å². The van der Waals surface area contributed by atoms with E-state index in [9.17, 15) is 0 Å². The van der Waals surface area contributed by atoms with E-state index in [-0.39, 0.29) is 0 Å². The van der Waals surface area contributed by atoms with E-state index in [2.05, 4.69) is 20.8 Å². The van der Waals surface area contributed by atoms with Crippen LogP contribution in [0.25, 0.3) is 0 Å². The molecule has 1 nitrogen and oxygen atoms in total. The molecule has 0 atom stereocenters. The molecule has 1 fully saturated rings. The van der Waals surface area contributed by atoms with Gasteiger partial charge >= 0.3 is 0 Å². The van der Waals surface area contributed by atoms with Crippen molar-refractivity contribution in [3.8, 4) is 0 Å². The lowest BCUT2D eigenvalue weighted by Crippen LogP contribution is -2.26. The first kappa shape index (κ1) is 8.06. The van der Waals surface area contributed by atoms with Crippen LogP contribution in [0, 0.1) is 11.8 Å². The Morgan fingerprint density at radius 3 is 2.40 bits per heavy atom. The van der Waals surface area contributed by atoms with E-state index in [0.29, 0.717) is 6.10 Å². The van der Waals surface area contributed by atoms with Crippen molar-refractivity contribution in [1.29, 1.82) is 0 Å². The minimum atomic E-state index is 0.413. The van der Waals surface area contributed by atoms with Gasteiger partial charge in [-0.1, -0.05) is 6.92 Å². The van der Waals surface area contributed by atoms with Gasteiger partial charge in [0.15, 0.2) is 0 Å². The Hall–Kier alpha value is -0.0400. The molecular weight excluding hydrogens is 124 g/mol. The van der Waals surface area contributed by atoms with Crippen molar-refractivity contribution in [3.05, 3.63) is 0 Å². The van der Waals surface area contributed by atoms with Gasteiger partial charge in [0.2, 0.25) is 0 Å². The number of hydrogen-bond acceptors (Lipinski definition) is 1.